The summed E-state index contributed by atoms with van der Waals surface area (Å²) in [5.41, 5.74) is 2.40. The third-order valence-electron chi connectivity index (χ3n) is 7.85. The van der Waals surface area contributed by atoms with E-state index in [1.165, 1.54) is 36.9 Å². The summed E-state index contributed by atoms with van der Waals surface area (Å²) in [7, 11) is 1.34. The third kappa shape index (κ3) is 10.1. The topological polar surface area (TPSA) is 116 Å². The minimum Gasteiger partial charge on any atom is -0.467 e. The molecule has 1 saturated heterocycles. The molecule has 0 saturated carbocycles. The summed E-state index contributed by atoms with van der Waals surface area (Å²) < 4.78 is 15.8. The molecule has 9 nitrogen and oxygen atoms in total. The van der Waals surface area contributed by atoms with Crippen molar-refractivity contribution in [2.24, 2.45) is 5.41 Å². The largest absolute Gasteiger partial charge is 0.467 e. The van der Waals surface area contributed by atoms with Crippen LogP contribution >= 0.6 is 0 Å². The van der Waals surface area contributed by atoms with Crippen molar-refractivity contribution in [1.29, 1.82) is 0 Å². The van der Waals surface area contributed by atoms with E-state index >= 15 is 0 Å². The summed E-state index contributed by atoms with van der Waals surface area (Å²) in [5.74, 6) is -0.714. The van der Waals surface area contributed by atoms with Crippen molar-refractivity contribution in [2.45, 2.75) is 116 Å². The standard InChI is InChI=1S/C31H49N3O6/c1-30(2,3)40-29(37)32-22-31(18-20-39-21-19-31)28(36)34-26(27(35)38-4)15-9-7-5-6-8-13-24-17-16-23-12-10-11-14-25(23)33-24/h16-17,26H,5-15,18-22H2,1-4H3,(H,32,37)(H,34,36)/t26-/m0/s1. The molecule has 1 aromatic heterocycles. The van der Waals surface area contributed by atoms with E-state index in [0.29, 0.717) is 32.5 Å². The van der Waals surface area contributed by atoms with Gasteiger partial charge in [0.25, 0.3) is 0 Å². The number of nitrogens with zero attached hydrogens (tertiary/aromatic N) is 1. The Morgan fingerprint density at radius 1 is 1.02 bits per heavy atom. The maximum absolute atomic E-state index is 13.5. The molecule has 2 heterocycles. The lowest BCUT2D eigenvalue weighted by molar-refractivity contribution is -0.148. The minimum atomic E-state index is -0.869. The Labute approximate surface area is 239 Å². The summed E-state index contributed by atoms with van der Waals surface area (Å²) in [6, 6.07) is 3.72. The number of ether oxygens (including phenoxy) is 3. The summed E-state index contributed by atoms with van der Waals surface area (Å²) in [5, 5.41) is 5.68. The highest BCUT2D eigenvalue weighted by Crippen LogP contribution is 2.31. The fraction of sp³-hybridized carbons (Fsp3) is 0.742. The van der Waals surface area contributed by atoms with Gasteiger partial charge in [0.2, 0.25) is 5.91 Å². The van der Waals surface area contributed by atoms with Crippen LogP contribution in [-0.4, -0.2) is 61.5 Å². The van der Waals surface area contributed by atoms with Gasteiger partial charge in [-0.3, -0.25) is 9.78 Å². The van der Waals surface area contributed by atoms with E-state index < -0.39 is 29.1 Å². The first-order valence-electron chi connectivity index (χ1n) is 15.0. The molecule has 40 heavy (non-hydrogen) atoms. The van der Waals surface area contributed by atoms with E-state index in [4.69, 9.17) is 19.2 Å². The molecule has 1 atom stereocenters. The Hall–Kier alpha value is -2.68. The molecule has 0 bridgehead atoms. The number of aromatic nitrogens is 1. The Morgan fingerprint density at radius 3 is 2.45 bits per heavy atom. The lowest BCUT2D eigenvalue weighted by Gasteiger charge is -2.37. The smallest absolute Gasteiger partial charge is 0.407 e. The van der Waals surface area contributed by atoms with Crippen molar-refractivity contribution in [3.63, 3.8) is 0 Å². The van der Waals surface area contributed by atoms with Crippen LogP contribution in [0.3, 0.4) is 0 Å². The third-order valence-corrected chi connectivity index (χ3v) is 7.85. The number of carbonyl (C=O) groups excluding carboxylic acids is 3. The highest BCUT2D eigenvalue weighted by Gasteiger charge is 2.42. The van der Waals surface area contributed by atoms with E-state index in [1.807, 2.05) is 0 Å². The second-order valence-electron chi connectivity index (χ2n) is 12.2. The van der Waals surface area contributed by atoms with Crippen LogP contribution in [-0.2, 0) is 43.1 Å². The quantitative estimate of drug-likeness (QED) is 0.263. The minimum absolute atomic E-state index is 0.115. The maximum atomic E-state index is 13.5. The zero-order valence-electron chi connectivity index (χ0n) is 24.9. The number of hydrogen-bond donors (Lipinski definition) is 2. The molecule has 0 unspecified atom stereocenters. The molecule has 224 valence electrons. The second kappa shape index (κ2) is 15.4. The number of rotatable bonds is 13. The lowest BCUT2D eigenvalue weighted by Crippen LogP contribution is -2.55. The number of unbranched alkanes of at least 4 members (excludes halogenated alkanes) is 4. The molecular formula is C31H49N3O6. The number of methoxy groups -OCH3 is 1. The van der Waals surface area contributed by atoms with E-state index in [1.54, 1.807) is 20.8 Å². The number of aryl methyl sites for hydroxylation is 3. The molecule has 1 fully saturated rings. The molecule has 9 heteroatoms. The average Bonchev–Trinajstić information content (AvgIpc) is 2.94. The predicted molar refractivity (Wildman–Crippen MR) is 153 cm³/mol. The van der Waals surface area contributed by atoms with Gasteiger partial charge in [-0.2, -0.15) is 0 Å². The second-order valence-corrected chi connectivity index (χ2v) is 12.2. The van der Waals surface area contributed by atoms with Crippen LogP contribution in [0.4, 0.5) is 4.79 Å². The van der Waals surface area contributed by atoms with Crippen molar-refractivity contribution in [3.05, 3.63) is 29.1 Å². The first kappa shape index (κ1) is 31.8. The molecule has 1 aliphatic heterocycles. The van der Waals surface area contributed by atoms with E-state index in [9.17, 15) is 14.4 Å². The Kier molecular flexibility index (Phi) is 12.2. The number of esters is 1. The number of pyridine rings is 1. The molecule has 2 N–H and O–H groups in total. The summed E-state index contributed by atoms with van der Waals surface area (Å²) in [6.45, 7) is 6.30. The van der Waals surface area contributed by atoms with Crippen LogP contribution in [0, 0.1) is 5.41 Å². The van der Waals surface area contributed by atoms with Crippen molar-refractivity contribution in [2.75, 3.05) is 26.9 Å². The number of nitrogens with one attached hydrogen (secondary N) is 2. The molecule has 0 radical (unpaired) electrons. The number of fused-ring (bicyclic) bond motifs is 1. The molecule has 1 aliphatic carbocycles. The van der Waals surface area contributed by atoms with Gasteiger partial charge in [-0.1, -0.05) is 31.7 Å². The fourth-order valence-corrected chi connectivity index (χ4v) is 5.46. The first-order valence-corrected chi connectivity index (χ1v) is 15.0. The SMILES string of the molecule is COC(=O)[C@H](CCCCCCCc1ccc2c(n1)CCCC2)NC(=O)C1(CNC(=O)OC(C)(C)C)CCOCC1. The molecule has 2 amide bonds. The molecule has 1 aromatic rings. The molecule has 0 spiro atoms. The Morgan fingerprint density at radius 2 is 1.73 bits per heavy atom. The van der Waals surface area contributed by atoms with Crippen molar-refractivity contribution < 1.29 is 28.6 Å². The van der Waals surface area contributed by atoms with Crippen LogP contribution < -0.4 is 10.6 Å². The van der Waals surface area contributed by atoms with Gasteiger partial charge in [-0.25, -0.2) is 9.59 Å². The molecule has 2 aliphatic rings. The van der Waals surface area contributed by atoms with Crippen LogP contribution in [0.1, 0.15) is 102 Å². The zero-order valence-corrected chi connectivity index (χ0v) is 24.9. The Balaban J connectivity index is 1.43. The summed E-state index contributed by atoms with van der Waals surface area (Å²) >= 11 is 0. The highest BCUT2D eigenvalue weighted by atomic mass is 16.6. The van der Waals surface area contributed by atoms with Crippen LogP contribution in [0.2, 0.25) is 0 Å². The van der Waals surface area contributed by atoms with Crippen molar-refractivity contribution in [3.8, 4) is 0 Å². The van der Waals surface area contributed by atoms with Gasteiger partial charge in [0.05, 0.1) is 12.5 Å². The number of carbonyl (C=O) groups is 3. The predicted octanol–water partition coefficient (Wildman–Crippen LogP) is 4.82. The zero-order chi connectivity index (χ0) is 29.0. The summed E-state index contributed by atoms with van der Waals surface area (Å²) in [4.78, 5) is 43.1. The van der Waals surface area contributed by atoms with Crippen LogP contribution in [0.25, 0.3) is 0 Å². The lowest BCUT2D eigenvalue weighted by atomic mass is 9.78. The van der Waals surface area contributed by atoms with E-state index in [-0.39, 0.29) is 12.5 Å². The molecular weight excluding hydrogens is 510 g/mol. The fourth-order valence-electron chi connectivity index (χ4n) is 5.46. The van der Waals surface area contributed by atoms with Gasteiger partial charge in [0, 0.05) is 31.1 Å². The average molecular weight is 560 g/mol. The van der Waals surface area contributed by atoms with Crippen LogP contribution in [0.5, 0.6) is 0 Å². The Bertz CT molecular complexity index is 984. The molecule has 0 aromatic carbocycles. The monoisotopic (exact) mass is 559 g/mol. The van der Waals surface area contributed by atoms with Crippen molar-refractivity contribution >= 4 is 18.0 Å². The van der Waals surface area contributed by atoms with E-state index in [0.717, 1.165) is 51.4 Å². The number of hydrogen-bond acceptors (Lipinski definition) is 7. The summed E-state index contributed by atoms with van der Waals surface area (Å²) in [6.07, 6.45) is 11.7. The van der Waals surface area contributed by atoms with Gasteiger partial charge in [0.15, 0.2) is 0 Å². The normalized spacial score (nSPS) is 17.3. The highest BCUT2D eigenvalue weighted by molar-refractivity contribution is 5.88. The van der Waals surface area contributed by atoms with E-state index in [2.05, 4.69) is 22.8 Å². The van der Waals surface area contributed by atoms with Gasteiger partial charge in [-0.15, -0.1) is 0 Å². The van der Waals surface area contributed by atoms with Gasteiger partial charge in [0.1, 0.15) is 11.6 Å². The van der Waals surface area contributed by atoms with Gasteiger partial charge >= 0.3 is 12.1 Å². The first-order chi connectivity index (χ1) is 19.1. The van der Waals surface area contributed by atoms with Gasteiger partial charge in [-0.05, 0) is 90.2 Å². The van der Waals surface area contributed by atoms with Gasteiger partial charge < -0.3 is 24.8 Å². The maximum Gasteiger partial charge on any atom is 0.407 e. The van der Waals surface area contributed by atoms with Crippen molar-refractivity contribution in [1.82, 2.24) is 15.6 Å². The number of alkyl carbamates (subject to hydrolysis) is 1. The van der Waals surface area contributed by atoms with Crippen LogP contribution in [0.15, 0.2) is 12.1 Å². The number of amides is 2. The molecule has 3 rings (SSSR count).